The molecule has 0 atom stereocenters. The van der Waals surface area contributed by atoms with Crippen LogP contribution in [0.25, 0.3) is 4.85 Å². The molecule has 0 aromatic heterocycles. The molecule has 7 nitrogen and oxygen atoms in total. The molecule has 0 saturated carbocycles. The van der Waals surface area contributed by atoms with Gasteiger partial charge in [0.05, 0.1) is 25.0 Å². The van der Waals surface area contributed by atoms with Gasteiger partial charge in [0, 0.05) is 9.49 Å². The third-order valence-corrected chi connectivity index (χ3v) is 7.74. The number of phenols is 2. The van der Waals surface area contributed by atoms with Crippen LogP contribution in [0.1, 0.15) is 122 Å². The van der Waals surface area contributed by atoms with Gasteiger partial charge in [-0.3, -0.25) is 4.85 Å². The fourth-order valence-corrected chi connectivity index (χ4v) is 6.17. The zero-order valence-electron chi connectivity index (χ0n) is 36.7. The lowest BCUT2D eigenvalue weighted by molar-refractivity contribution is 0.292. The number of aromatic hydroxyl groups is 2. The van der Waals surface area contributed by atoms with E-state index in [9.17, 15) is 5.26 Å². The Labute approximate surface area is 410 Å². The lowest BCUT2D eigenvalue weighted by Crippen LogP contribution is -2.31. The molecule has 0 fully saturated rings. The van der Waals surface area contributed by atoms with Gasteiger partial charge in [-0.15, -0.1) is 5.11 Å². The first-order valence-corrected chi connectivity index (χ1v) is 23.8. The smallest absolute Gasteiger partial charge is 0.341 e. The van der Waals surface area contributed by atoms with E-state index in [1.54, 1.807) is 36.4 Å². The average Bonchev–Trinajstić information content (AvgIpc) is 3.05. The molecule has 0 bridgehead atoms. The number of para-hydroxylation sites is 1. The van der Waals surface area contributed by atoms with Gasteiger partial charge in [0.25, 0.3) is 0 Å². The number of azo groups is 1. The van der Waals surface area contributed by atoms with Gasteiger partial charge in [-0.1, -0.05) is 177 Å². The maximum atomic E-state index is 9.83. The molecule has 59 heavy (non-hydrogen) atoms. The maximum Gasteiger partial charge on any atom is 0.341 e. The Morgan fingerprint density at radius 1 is 0.678 bits per heavy atom. The standard InChI is InChI=1S/C20H36N4.C10H19N.C6H5IO.C6H6O.CBrCl3.CHCl3/c1-15(2)10-19(14-21,11-16(3)4)23-24-20(22-9,12-17(5)6)13-18(7)8;1-8(2)5-10(7-11)6-9(3)4;7-5-2-1-3-6(8)4-5;7-6-4-2-1-3-5-6;2-1(3,4)5;2-1(3)4/h15-18H,10-13H2,1-8H3;8-10H,5-6H2,1-4H3;1-4,8H;1-5,7H;;1H. The van der Waals surface area contributed by atoms with E-state index in [0.29, 0.717) is 72.7 Å². The lowest BCUT2D eigenvalue weighted by Gasteiger charge is -2.27. The third-order valence-electron chi connectivity index (χ3n) is 7.06. The maximum absolute atomic E-state index is 9.83. The predicted octanol–water partition coefficient (Wildman–Crippen LogP) is 17.8. The number of hydrogen-bond donors (Lipinski definition) is 2. The van der Waals surface area contributed by atoms with Crippen LogP contribution >= 0.6 is 108 Å². The van der Waals surface area contributed by atoms with Crippen molar-refractivity contribution in [3.63, 3.8) is 0 Å². The van der Waals surface area contributed by atoms with Crippen LogP contribution in [-0.4, -0.2) is 28.4 Å². The summed E-state index contributed by atoms with van der Waals surface area (Å²) in [6.07, 6.45) is 4.83. The van der Waals surface area contributed by atoms with Crippen molar-refractivity contribution >= 4 is 108 Å². The molecule has 0 saturated heterocycles. The van der Waals surface area contributed by atoms with Gasteiger partial charge in [0.1, 0.15) is 11.5 Å². The topological polar surface area (TPSA) is 117 Å². The summed E-state index contributed by atoms with van der Waals surface area (Å²) in [4.78, 5) is 3.88. The van der Waals surface area contributed by atoms with E-state index in [4.69, 9.17) is 91.7 Å². The van der Waals surface area contributed by atoms with Gasteiger partial charge in [0.2, 0.25) is 2.70 Å². The lowest BCUT2D eigenvalue weighted by atomic mass is 9.84. The molecule has 0 aliphatic carbocycles. The van der Waals surface area contributed by atoms with Gasteiger partial charge >= 0.3 is 5.66 Å². The van der Waals surface area contributed by atoms with Crippen molar-refractivity contribution in [2.24, 2.45) is 51.7 Å². The first kappa shape index (κ1) is 64.7. The summed E-state index contributed by atoms with van der Waals surface area (Å²) in [5.41, 5.74) is -1.65. The molecule has 0 radical (unpaired) electrons. The van der Waals surface area contributed by atoms with Crippen molar-refractivity contribution in [2.75, 3.05) is 0 Å². The average molecular weight is 1120 g/mol. The van der Waals surface area contributed by atoms with E-state index >= 15 is 0 Å². The SMILES string of the molecule is CC(C)CC(C#N)CC(C)C.ClC(Cl)(Cl)Br.ClC(Cl)Cl.Oc1cccc(I)c1.Oc1ccccc1.[C-]#[N+]C(CC(C)C)(CC(C)C)N=NC(C#N)(CC(C)C)CC(C)C. The highest BCUT2D eigenvalue weighted by molar-refractivity contribution is 14.1. The number of nitrogens with zero attached hydrogens (tertiary/aromatic N) is 5. The summed E-state index contributed by atoms with van der Waals surface area (Å²) in [5, 5.41) is 45.1. The van der Waals surface area contributed by atoms with E-state index in [1.807, 2.05) is 18.2 Å². The van der Waals surface area contributed by atoms with Crippen LogP contribution in [0.2, 0.25) is 0 Å². The quantitative estimate of drug-likeness (QED) is 0.0848. The fraction of sp³-hybridized carbons (Fsp3) is 0.659. The Kier molecular flexibility index (Phi) is 40.1. The molecule has 15 heteroatoms. The first-order valence-electron chi connectivity index (χ1n) is 19.5. The van der Waals surface area contributed by atoms with Crippen LogP contribution < -0.4 is 0 Å². The van der Waals surface area contributed by atoms with Crippen molar-refractivity contribution in [3.8, 4) is 23.6 Å². The monoisotopic (exact) mass is 1110 g/mol. The van der Waals surface area contributed by atoms with E-state index < -0.39 is 18.2 Å². The largest absolute Gasteiger partial charge is 0.508 e. The van der Waals surface area contributed by atoms with Crippen LogP contribution in [0.5, 0.6) is 11.5 Å². The normalized spacial score (nSPS) is 11.3. The Morgan fingerprint density at radius 2 is 1.05 bits per heavy atom. The Balaban J connectivity index is -0.000000354. The second-order valence-electron chi connectivity index (χ2n) is 16.4. The van der Waals surface area contributed by atoms with Crippen molar-refractivity contribution in [3.05, 3.63) is 69.6 Å². The van der Waals surface area contributed by atoms with Crippen molar-refractivity contribution in [1.82, 2.24) is 0 Å². The van der Waals surface area contributed by atoms with Crippen molar-refractivity contribution < 1.29 is 10.2 Å². The van der Waals surface area contributed by atoms with E-state index in [1.165, 1.54) is 0 Å². The second-order valence-corrected chi connectivity index (χ2v) is 24.5. The van der Waals surface area contributed by atoms with E-state index in [-0.39, 0.29) is 5.92 Å². The molecule has 336 valence electrons. The second kappa shape index (κ2) is 36.5. The highest BCUT2D eigenvalue weighted by Crippen LogP contribution is 2.35. The van der Waals surface area contributed by atoms with Gasteiger partial charge in [-0.2, -0.15) is 15.6 Å². The summed E-state index contributed by atoms with van der Waals surface area (Å²) in [7, 11) is 0. The zero-order valence-corrected chi connectivity index (χ0v) is 45.0. The summed E-state index contributed by atoms with van der Waals surface area (Å²) >= 11 is 34.2. The number of benzene rings is 2. The fourth-order valence-electron chi connectivity index (χ4n) is 5.65. The van der Waals surface area contributed by atoms with Gasteiger partial charge < -0.3 is 10.2 Å². The number of halogens is 8. The zero-order chi connectivity index (χ0) is 47.0. The summed E-state index contributed by atoms with van der Waals surface area (Å²) in [5.74, 6) is 3.68. The van der Waals surface area contributed by atoms with Crippen LogP contribution in [0, 0.1) is 74.2 Å². The Morgan fingerprint density at radius 3 is 1.27 bits per heavy atom. The van der Waals surface area contributed by atoms with Crippen LogP contribution in [0.4, 0.5) is 0 Å². The third kappa shape index (κ3) is 48.0. The molecule has 2 rings (SSSR count). The summed E-state index contributed by atoms with van der Waals surface area (Å²) in [6.45, 7) is 33.3. The summed E-state index contributed by atoms with van der Waals surface area (Å²) < 4.78 is -0.963. The molecule has 0 aliphatic rings. The van der Waals surface area contributed by atoms with E-state index in [0.717, 1.165) is 16.4 Å². The number of hydrogen-bond acceptors (Lipinski definition) is 6. The highest BCUT2D eigenvalue weighted by Gasteiger charge is 2.41. The van der Waals surface area contributed by atoms with Gasteiger partial charge in [-0.05, 0) is 130 Å². The molecule has 0 aliphatic heterocycles. The minimum Gasteiger partial charge on any atom is -0.508 e. The van der Waals surface area contributed by atoms with Gasteiger partial charge in [0.15, 0.2) is 9.83 Å². The number of phenolic OH excluding ortho intramolecular Hbond substituents is 2. The molecule has 0 spiro atoms. The molecule has 2 N–H and O–H groups in total. The Bertz CT molecular complexity index is 1390. The molecule has 0 unspecified atom stereocenters. The number of rotatable bonds is 14. The Hall–Kier alpha value is -0.940. The van der Waals surface area contributed by atoms with Crippen LogP contribution in [0.15, 0.2) is 64.8 Å². The molecular formula is C44H67BrCl6IN5O2. The minimum absolute atomic E-state index is 0.273. The molecular weight excluding hydrogens is 1050 g/mol. The number of nitriles is 2. The first-order chi connectivity index (χ1) is 27.0. The minimum atomic E-state index is -1.27. The predicted molar refractivity (Wildman–Crippen MR) is 268 cm³/mol. The molecule has 0 heterocycles. The molecule has 0 amide bonds. The highest BCUT2D eigenvalue weighted by atomic mass is 127. The van der Waals surface area contributed by atoms with Crippen LogP contribution in [-0.2, 0) is 0 Å². The van der Waals surface area contributed by atoms with E-state index in [2.05, 4.69) is 149 Å². The van der Waals surface area contributed by atoms with Crippen molar-refractivity contribution in [2.45, 2.75) is 140 Å². The molecule has 2 aromatic rings. The summed E-state index contributed by atoms with van der Waals surface area (Å²) in [6, 6.07) is 20.6. The van der Waals surface area contributed by atoms with Crippen molar-refractivity contribution in [1.29, 1.82) is 10.5 Å². The van der Waals surface area contributed by atoms with Crippen LogP contribution in [0.3, 0.4) is 0 Å². The molecule has 2 aromatic carbocycles. The number of alkyl halides is 7. The van der Waals surface area contributed by atoms with Gasteiger partial charge in [-0.25, -0.2) is 6.57 Å².